The van der Waals surface area contributed by atoms with E-state index >= 15 is 0 Å². The monoisotopic (exact) mass is 381 g/mol. The Labute approximate surface area is 132 Å². The van der Waals surface area contributed by atoms with E-state index in [4.69, 9.17) is 11.6 Å². The van der Waals surface area contributed by atoms with Gasteiger partial charge in [0, 0.05) is 27.3 Å². The Balaban J connectivity index is 2.19. The normalized spacial score (nSPS) is 11.5. The van der Waals surface area contributed by atoms with E-state index in [1.807, 2.05) is 0 Å². The maximum absolute atomic E-state index is 13.5. The van der Waals surface area contributed by atoms with Gasteiger partial charge in [0.15, 0.2) is 0 Å². The zero-order valence-electron chi connectivity index (χ0n) is 10.4. The van der Waals surface area contributed by atoms with Gasteiger partial charge < -0.3 is 5.32 Å². The van der Waals surface area contributed by atoms with Crippen molar-refractivity contribution in [1.82, 2.24) is 0 Å². The summed E-state index contributed by atoms with van der Waals surface area (Å²) in [7, 11) is 0. The molecule has 0 saturated heterocycles. The van der Waals surface area contributed by atoms with Crippen LogP contribution >= 0.6 is 27.5 Å². The highest BCUT2D eigenvalue weighted by molar-refractivity contribution is 9.10. The first-order valence-corrected chi connectivity index (χ1v) is 6.99. The van der Waals surface area contributed by atoms with E-state index in [2.05, 4.69) is 21.2 Å². The van der Waals surface area contributed by atoms with E-state index in [0.29, 0.717) is 5.02 Å². The number of alkyl halides is 3. The first-order valence-electron chi connectivity index (χ1n) is 5.82. The van der Waals surface area contributed by atoms with Crippen LogP contribution in [0.3, 0.4) is 0 Å². The summed E-state index contributed by atoms with van der Waals surface area (Å²) >= 11 is 8.61. The number of nitrogens with one attached hydrogen (secondary N) is 1. The van der Waals surface area contributed by atoms with Crippen molar-refractivity contribution in [2.75, 3.05) is 5.32 Å². The minimum absolute atomic E-state index is 0.0331. The lowest BCUT2D eigenvalue weighted by atomic mass is 10.1. The zero-order valence-corrected chi connectivity index (χ0v) is 12.8. The molecule has 0 heterocycles. The van der Waals surface area contributed by atoms with Gasteiger partial charge in [-0.15, -0.1) is 0 Å². The van der Waals surface area contributed by atoms with E-state index in [0.717, 1.165) is 6.07 Å². The van der Waals surface area contributed by atoms with Gasteiger partial charge >= 0.3 is 6.18 Å². The number of anilines is 1. The second-order valence-corrected chi connectivity index (χ2v) is 5.57. The van der Waals surface area contributed by atoms with Gasteiger partial charge in [0.1, 0.15) is 5.82 Å². The van der Waals surface area contributed by atoms with Gasteiger partial charge in [0.2, 0.25) is 0 Å². The van der Waals surface area contributed by atoms with E-state index in [9.17, 15) is 17.6 Å². The summed E-state index contributed by atoms with van der Waals surface area (Å²) in [6.45, 7) is 0.0331. The van der Waals surface area contributed by atoms with Gasteiger partial charge in [-0.05, 0) is 36.4 Å². The molecule has 0 bridgehead atoms. The molecule has 0 saturated carbocycles. The van der Waals surface area contributed by atoms with Gasteiger partial charge in [-0.3, -0.25) is 0 Å². The quantitative estimate of drug-likeness (QED) is 0.654. The van der Waals surface area contributed by atoms with Crippen LogP contribution in [-0.2, 0) is 12.7 Å². The van der Waals surface area contributed by atoms with Crippen molar-refractivity contribution in [3.05, 3.63) is 62.8 Å². The van der Waals surface area contributed by atoms with Crippen LogP contribution in [0.5, 0.6) is 0 Å². The second-order valence-electron chi connectivity index (χ2n) is 4.28. The molecule has 0 atom stereocenters. The molecule has 1 N–H and O–H groups in total. The van der Waals surface area contributed by atoms with Gasteiger partial charge in [-0.25, -0.2) is 4.39 Å². The van der Waals surface area contributed by atoms with Crippen LogP contribution in [0.2, 0.25) is 5.02 Å². The summed E-state index contributed by atoms with van der Waals surface area (Å²) in [5.74, 6) is -0.472. The van der Waals surface area contributed by atoms with E-state index < -0.39 is 17.6 Å². The molecule has 21 heavy (non-hydrogen) atoms. The summed E-state index contributed by atoms with van der Waals surface area (Å²) in [4.78, 5) is 0. The Hall–Kier alpha value is -1.27. The zero-order chi connectivity index (χ0) is 15.6. The third-order valence-electron chi connectivity index (χ3n) is 2.76. The molecular formula is C14H9BrClF4N. The van der Waals surface area contributed by atoms with E-state index in [1.165, 1.54) is 30.3 Å². The molecule has 0 aliphatic carbocycles. The van der Waals surface area contributed by atoms with Crippen LogP contribution in [0.15, 0.2) is 40.9 Å². The highest BCUT2D eigenvalue weighted by atomic mass is 79.9. The van der Waals surface area contributed by atoms with E-state index in [1.54, 1.807) is 0 Å². The molecule has 0 aromatic heterocycles. The molecule has 2 aromatic rings. The molecule has 0 aliphatic heterocycles. The predicted molar refractivity (Wildman–Crippen MR) is 77.9 cm³/mol. The Kier molecular flexibility index (Phi) is 4.78. The van der Waals surface area contributed by atoms with Crippen molar-refractivity contribution in [3.8, 4) is 0 Å². The largest absolute Gasteiger partial charge is 0.417 e. The van der Waals surface area contributed by atoms with Gasteiger partial charge in [-0.1, -0.05) is 27.5 Å². The van der Waals surface area contributed by atoms with Gasteiger partial charge in [-0.2, -0.15) is 13.2 Å². The lowest BCUT2D eigenvalue weighted by Gasteiger charge is -2.13. The lowest BCUT2D eigenvalue weighted by molar-refractivity contribution is -0.138. The topological polar surface area (TPSA) is 12.0 Å². The Morgan fingerprint density at radius 1 is 1.10 bits per heavy atom. The van der Waals surface area contributed by atoms with Crippen LogP contribution in [-0.4, -0.2) is 0 Å². The van der Waals surface area contributed by atoms with Crippen molar-refractivity contribution in [2.24, 2.45) is 0 Å². The highest BCUT2D eigenvalue weighted by Crippen LogP contribution is 2.36. The molecule has 0 amide bonds. The average Bonchev–Trinajstić information content (AvgIpc) is 2.40. The molecule has 0 aliphatic rings. The third-order valence-corrected chi connectivity index (χ3v) is 3.69. The Morgan fingerprint density at radius 2 is 1.81 bits per heavy atom. The molecule has 0 fully saturated rings. The minimum Gasteiger partial charge on any atom is -0.381 e. The van der Waals surface area contributed by atoms with Crippen LogP contribution in [0.4, 0.5) is 23.2 Å². The minimum atomic E-state index is -4.46. The number of rotatable bonds is 3. The average molecular weight is 383 g/mol. The molecule has 0 unspecified atom stereocenters. The first-order chi connectivity index (χ1) is 9.77. The van der Waals surface area contributed by atoms with Crippen molar-refractivity contribution < 1.29 is 17.6 Å². The maximum Gasteiger partial charge on any atom is 0.417 e. The molecule has 0 spiro atoms. The SMILES string of the molecule is Fc1ccc(Cl)cc1CNc1ccc(Br)c(C(F)(F)F)c1. The van der Waals surface area contributed by atoms with Crippen LogP contribution in [0, 0.1) is 5.82 Å². The third kappa shape index (κ3) is 4.11. The molecular weight excluding hydrogens is 374 g/mol. The second kappa shape index (κ2) is 6.23. The molecule has 0 radical (unpaired) electrons. The fourth-order valence-corrected chi connectivity index (χ4v) is 2.39. The maximum atomic E-state index is 13.5. The fraction of sp³-hybridized carbons (Fsp3) is 0.143. The van der Waals surface area contributed by atoms with Gasteiger partial charge in [0.05, 0.1) is 5.56 Å². The predicted octanol–water partition coefficient (Wildman–Crippen LogP) is 5.87. The van der Waals surface area contributed by atoms with Crippen molar-refractivity contribution in [1.29, 1.82) is 0 Å². The Morgan fingerprint density at radius 3 is 2.48 bits per heavy atom. The van der Waals surface area contributed by atoms with Crippen molar-refractivity contribution >= 4 is 33.2 Å². The smallest absolute Gasteiger partial charge is 0.381 e. The lowest BCUT2D eigenvalue weighted by Crippen LogP contribution is -2.08. The molecule has 2 aromatic carbocycles. The van der Waals surface area contributed by atoms with Crippen LogP contribution in [0.25, 0.3) is 0 Å². The van der Waals surface area contributed by atoms with Crippen molar-refractivity contribution in [3.63, 3.8) is 0 Å². The number of halogens is 6. The molecule has 112 valence electrons. The van der Waals surface area contributed by atoms with Crippen LogP contribution in [0.1, 0.15) is 11.1 Å². The molecule has 2 rings (SSSR count). The standard InChI is InChI=1S/C14H9BrClF4N/c15-12-3-2-10(6-11(12)14(18,19)20)21-7-8-5-9(16)1-4-13(8)17/h1-6,21H,7H2. The summed E-state index contributed by atoms with van der Waals surface area (Å²) in [6, 6.07) is 7.77. The number of hydrogen-bond acceptors (Lipinski definition) is 1. The Bertz CT molecular complexity index is 658. The summed E-state index contributed by atoms with van der Waals surface area (Å²) in [6.07, 6.45) is -4.46. The van der Waals surface area contributed by atoms with Crippen molar-refractivity contribution in [2.45, 2.75) is 12.7 Å². The van der Waals surface area contributed by atoms with Gasteiger partial charge in [0.25, 0.3) is 0 Å². The number of benzene rings is 2. The number of hydrogen-bond donors (Lipinski definition) is 1. The highest BCUT2D eigenvalue weighted by Gasteiger charge is 2.33. The summed E-state index contributed by atoms with van der Waals surface area (Å²) < 4.78 is 51.8. The summed E-state index contributed by atoms with van der Waals surface area (Å²) in [5, 5.41) is 3.11. The summed E-state index contributed by atoms with van der Waals surface area (Å²) in [5.41, 5.74) is -0.275. The molecule has 1 nitrogen and oxygen atoms in total. The molecule has 7 heteroatoms. The first kappa shape index (κ1) is 16.1. The fourth-order valence-electron chi connectivity index (χ4n) is 1.73. The van der Waals surface area contributed by atoms with Crippen LogP contribution < -0.4 is 5.32 Å². The van der Waals surface area contributed by atoms with E-state index in [-0.39, 0.29) is 22.3 Å².